The number of nitrogens with two attached hydrogens (primary N) is 1. The van der Waals surface area contributed by atoms with Crippen LogP contribution in [-0.2, 0) is 0 Å². The zero-order valence-electron chi connectivity index (χ0n) is 11.6. The Balaban J connectivity index is 1.60. The third kappa shape index (κ3) is 1.83. The van der Waals surface area contributed by atoms with Crippen LogP contribution in [0.25, 0.3) is 0 Å². The summed E-state index contributed by atoms with van der Waals surface area (Å²) >= 11 is 0. The van der Waals surface area contributed by atoms with Crippen molar-refractivity contribution in [2.24, 2.45) is 29.4 Å². The average Bonchev–Trinajstić information content (AvgIpc) is 2.86. The fourth-order valence-electron chi connectivity index (χ4n) is 5.04. The number of nitrogens with zero attached hydrogens (tertiary/aromatic N) is 2. The molecule has 4 heteroatoms. The third-order valence-corrected chi connectivity index (χ3v) is 5.74. The van der Waals surface area contributed by atoms with Crippen molar-refractivity contribution in [1.29, 1.82) is 0 Å². The second-order valence-corrected chi connectivity index (χ2v) is 6.96. The molecule has 1 unspecified atom stereocenters. The van der Waals surface area contributed by atoms with Crippen LogP contribution in [0.1, 0.15) is 69.1 Å². The van der Waals surface area contributed by atoms with Gasteiger partial charge in [-0.15, -0.1) is 0 Å². The van der Waals surface area contributed by atoms with E-state index < -0.39 is 0 Å². The Morgan fingerprint density at radius 2 is 1.79 bits per heavy atom. The molecule has 0 saturated heterocycles. The van der Waals surface area contributed by atoms with Crippen LogP contribution in [0, 0.1) is 23.7 Å². The van der Waals surface area contributed by atoms with E-state index in [1.807, 2.05) is 0 Å². The molecule has 1 aromatic rings. The lowest BCUT2D eigenvalue weighted by atomic mass is 9.52. The highest BCUT2D eigenvalue weighted by molar-refractivity contribution is 5.09. The summed E-state index contributed by atoms with van der Waals surface area (Å²) in [7, 11) is 0. The van der Waals surface area contributed by atoms with Gasteiger partial charge in [-0.05, 0) is 62.2 Å². The Bertz CT molecular complexity index is 442. The first-order chi connectivity index (χ1) is 9.24. The summed E-state index contributed by atoms with van der Waals surface area (Å²) in [6.07, 6.45) is 7.88. The van der Waals surface area contributed by atoms with Crippen molar-refractivity contribution in [3.8, 4) is 0 Å². The lowest BCUT2D eigenvalue weighted by Crippen LogP contribution is -2.43. The van der Waals surface area contributed by atoms with E-state index in [9.17, 15) is 0 Å². The van der Waals surface area contributed by atoms with Gasteiger partial charge in [-0.25, -0.2) is 0 Å². The molecule has 2 N–H and O–H groups in total. The quantitative estimate of drug-likeness (QED) is 0.908. The van der Waals surface area contributed by atoms with Gasteiger partial charge in [0.05, 0.1) is 6.04 Å². The highest BCUT2D eigenvalue weighted by Gasteiger charge is 2.50. The number of rotatable bonds is 3. The van der Waals surface area contributed by atoms with Crippen LogP contribution in [0.3, 0.4) is 0 Å². The Morgan fingerprint density at radius 3 is 2.37 bits per heavy atom. The maximum atomic E-state index is 6.00. The molecule has 1 heterocycles. The first-order valence-corrected chi connectivity index (χ1v) is 7.83. The van der Waals surface area contributed by atoms with Gasteiger partial charge in [0.15, 0.2) is 5.82 Å². The van der Waals surface area contributed by atoms with Gasteiger partial charge < -0.3 is 10.3 Å². The third-order valence-electron chi connectivity index (χ3n) is 5.74. The van der Waals surface area contributed by atoms with Gasteiger partial charge in [-0.1, -0.05) is 12.1 Å². The molecule has 4 fully saturated rings. The van der Waals surface area contributed by atoms with Crippen LogP contribution < -0.4 is 5.73 Å². The first kappa shape index (κ1) is 11.9. The fourth-order valence-corrected chi connectivity index (χ4v) is 5.04. The van der Waals surface area contributed by atoms with Gasteiger partial charge >= 0.3 is 0 Å². The number of aromatic nitrogens is 2. The Labute approximate surface area is 114 Å². The molecule has 4 bridgehead atoms. The molecular weight excluding hydrogens is 238 g/mol. The standard InChI is InChI=1S/C15H23N3O/c1-2-12(16)14-17-15(19-18-14)13-10-4-8-3-9(6-10)7-11(13)5-8/h8-13H,2-7,16H2,1H3. The molecule has 19 heavy (non-hydrogen) atoms. The number of hydrogen-bond acceptors (Lipinski definition) is 4. The molecule has 1 aromatic heterocycles. The zero-order valence-corrected chi connectivity index (χ0v) is 11.6. The van der Waals surface area contributed by atoms with E-state index >= 15 is 0 Å². The largest absolute Gasteiger partial charge is 0.339 e. The second-order valence-electron chi connectivity index (χ2n) is 6.96. The SMILES string of the molecule is CCC(N)c1noc(C2C3CC4CC(C3)CC2C4)n1. The van der Waals surface area contributed by atoms with E-state index in [4.69, 9.17) is 10.3 Å². The van der Waals surface area contributed by atoms with Gasteiger partial charge in [-0.3, -0.25) is 0 Å². The topological polar surface area (TPSA) is 64.9 Å². The summed E-state index contributed by atoms with van der Waals surface area (Å²) in [6, 6.07) is -0.0747. The highest BCUT2D eigenvalue weighted by atomic mass is 16.5. The first-order valence-electron chi connectivity index (χ1n) is 7.83. The van der Waals surface area contributed by atoms with E-state index in [1.54, 1.807) is 0 Å². The van der Waals surface area contributed by atoms with Crippen LogP contribution in [-0.4, -0.2) is 10.1 Å². The minimum absolute atomic E-state index is 0.0747. The summed E-state index contributed by atoms with van der Waals surface area (Å²) in [4.78, 5) is 4.62. The molecule has 104 valence electrons. The maximum absolute atomic E-state index is 6.00. The Kier molecular flexibility index (Phi) is 2.69. The van der Waals surface area contributed by atoms with Crippen molar-refractivity contribution in [2.45, 2.75) is 57.4 Å². The van der Waals surface area contributed by atoms with E-state index in [2.05, 4.69) is 17.1 Å². The molecule has 0 aromatic carbocycles. The summed E-state index contributed by atoms with van der Waals surface area (Å²) in [5, 5.41) is 4.11. The zero-order chi connectivity index (χ0) is 13.0. The number of hydrogen-bond donors (Lipinski definition) is 1. The summed E-state index contributed by atoms with van der Waals surface area (Å²) in [5.74, 6) is 5.67. The van der Waals surface area contributed by atoms with Crippen molar-refractivity contribution in [3.05, 3.63) is 11.7 Å². The molecule has 0 radical (unpaired) electrons. The van der Waals surface area contributed by atoms with Crippen molar-refractivity contribution >= 4 is 0 Å². The van der Waals surface area contributed by atoms with Crippen LogP contribution in [0.4, 0.5) is 0 Å². The summed E-state index contributed by atoms with van der Waals surface area (Å²) in [5.41, 5.74) is 6.00. The van der Waals surface area contributed by atoms with Crippen LogP contribution in [0.2, 0.25) is 0 Å². The van der Waals surface area contributed by atoms with Crippen molar-refractivity contribution < 1.29 is 4.52 Å². The van der Waals surface area contributed by atoms with Gasteiger partial charge in [0, 0.05) is 5.92 Å². The fraction of sp³-hybridized carbons (Fsp3) is 0.867. The molecule has 4 aliphatic carbocycles. The summed E-state index contributed by atoms with van der Waals surface area (Å²) < 4.78 is 5.57. The minimum Gasteiger partial charge on any atom is -0.339 e. The van der Waals surface area contributed by atoms with Gasteiger partial charge in [0.1, 0.15) is 0 Å². The average molecular weight is 261 g/mol. The lowest BCUT2D eigenvalue weighted by Gasteiger charge is -2.53. The molecule has 0 amide bonds. The molecule has 5 rings (SSSR count). The molecule has 4 saturated carbocycles. The van der Waals surface area contributed by atoms with Crippen molar-refractivity contribution in [1.82, 2.24) is 10.1 Å². The molecular formula is C15H23N3O. The normalized spacial score (nSPS) is 41.7. The summed E-state index contributed by atoms with van der Waals surface area (Å²) in [6.45, 7) is 2.06. The predicted molar refractivity (Wildman–Crippen MR) is 71.3 cm³/mol. The van der Waals surface area contributed by atoms with E-state index in [-0.39, 0.29) is 6.04 Å². The van der Waals surface area contributed by atoms with E-state index in [1.165, 1.54) is 32.1 Å². The van der Waals surface area contributed by atoms with Crippen LogP contribution >= 0.6 is 0 Å². The molecule has 0 spiro atoms. The Morgan fingerprint density at radius 1 is 1.16 bits per heavy atom. The van der Waals surface area contributed by atoms with Crippen molar-refractivity contribution in [2.75, 3.05) is 0 Å². The van der Waals surface area contributed by atoms with Gasteiger partial charge in [-0.2, -0.15) is 4.98 Å². The maximum Gasteiger partial charge on any atom is 0.230 e. The van der Waals surface area contributed by atoms with E-state index in [0.29, 0.717) is 11.7 Å². The molecule has 4 aliphatic rings. The minimum atomic E-state index is -0.0747. The van der Waals surface area contributed by atoms with Gasteiger partial charge in [0.2, 0.25) is 5.89 Å². The Hall–Kier alpha value is -0.900. The van der Waals surface area contributed by atoms with E-state index in [0.717, 1.165) is 36.0 Å². The predicted octanol–water partition coefficient (Wildman–Crippen LogP) is 3.02. The monoisotopic (exact) mass is 261 g/mol. The van der Waals surface area contributed by atoms with Crippen LogP contribution in [0.5, 0.6) is 0 Å². The van der Waals surface area contributed by atoms with Crippen LogP contribution in [0.15, 0.2) is 4.52 Å². The van der Waals surface area contributed by atoms with Crippen molar-refractivity contribution in [3.63, 3.8) is 0 Å². The highest BCUT2D eigenvalue weighted by Crippen LogP contribution is 2.59. The van der Waals surface area contributed by atoms with Gasteiger partial charge in [0.25, 0.3) is 0 Å². The molecule has 0 aliphatic heterocycles. The second kappa shape index (κ2) is 4.30. The lowest BCUT2D eigenvalue weighted by molar-refractivity contribution is -0.0131. The smallest absolute Gasteiger partial charge is 0.230 e. The molecule has 1 atom stereocenters. The molecule has 4 nitrogen and oxygen atoms in total.